The Kier molecular flexibility index (Phi) is 5.30. The summed E-state index contributed by atoms with van der Waals surface area (Å²) >= 11 is 1.37. The highest BCUT2D eigenvalue weighted by atomic mass is 32.1. The van der Waals surface area contributed by atoms with Crippen LogP contribution in [0, 0.1) is 5.41 Å². The molecule has 23 heavy (non-hydrogen) atoms. The van der Waals surface area contributed by atoms with Crippen LogP contribution < -0.4 is 4.74 Å². The number of aromatic nitrogens is 1. The van der Waals surface area contributed by atoms with Crippen LogP contribution in [0.25, 0.3) is 11.3 Å². The van der Waals surface area contributed by atoms with Gasteiger partial charge in [-0.15, -0.1) is 11.3 Å². The number of benzene rings is 1. The quantitative estimate of drug-likeness (QED) is 0.751. The Labute approximate surface area is 137 Å². The van der Waals surface area contributed by atoms with Crippen molar-refractivity contribution in [3.05, 3.63) is 34.7 Å². The highest BCUT2D eigenvalue weighted by molar-refractivity contribution is 7.09. The number of alkyl halides is 2. The second kappa shape index (κ2) is 7.04. The summed E-state index contributed by atoms with van der Waals surface area (Å²) in [4.78, 5) is 16.1. The minimum Gasteiger partial charge on any atom is -0.458 e. The standard InChI is InChI=1S/C16H17F2NO3S/c1-16(2,3)14(20)21-8-13-19-12(9-23-13)10-4-6-11(7-5-10)22-15(17)18/h4-7,9,15H,8H2,1-3H3. The molecule has 2 rings (SSSR count). The Bertz CT molecular complexity index is 663. The maximum absolute atomic E-state index is 12.1. The minimum absolute atomic E-state index is 0.0957. The van der Waals surface area contributed by atoms with Gasteiger partial charge in [0.15, 0.2) is 0 Å². The number of thiazole rings is 1. The largest absolute Gasteiger partial charge is 0.458 e. The summed E-state index contributed by atoms with van der Waals surface area (Å²) in [5, 5.41) is 2.49. The first-order valence-corrected chi connectivity index (χ1v) is 7.80. The fourth-order valence-corrected chi connectivity index (χ4v) is 2.38. The normalized spacial score (nSPS) is 11.6. The molecule has 0 aliphatic heterocycles. The van der Waals surface area contributed by atoms with E-state index in [4.69, 9.17) is 4.74 Å². The summed E-state index contributed by atoms with van der Waals surface area (Å²) in [6.07, 6.45) is 0. The molecule has 0 bridgehead atoms. The van der Waals surface area contributed by atoms with E-state index in [2.05, 4.69) is 9.72 Å². The molecule has 4 nitrogen and oxygen atoms in total. The average molecular weight is 341 g/mol. The van der Waals surface area contributed by atoms with Crippen molar-refractivity contribution in [3.63, 3.8) is 0 Å². The Morgan fingerprint density at radius 2 is 1.91 bits per heavy atom. The molecule has 0 fully saturated rings. The van der Waals surface area contributed by atoms with E-state index in [1.54, 1.807) is 32.9 Å². The molecule has 1 aromatic carbocycles. The molecular weight excluding hydrogens is 324 g/mol. The van der Waals surface area contributed by atoms with Crippen LogP contribution in [0.5, 0.6) is 5.75 Å². The predicted molar refractivity (Wildman–Crippen MR) is 83.4 cm³/mol. The van der Waals surface area contributed by atoms with Gasteiger partial charge < -0.3 is 9.47 Å². The number of nitrogens with zero attached hydrogens (tertiary/aromatic N) is 1. The maximum atomic E-state index is 12.1. The van der Waals surface area contributed by atoms with Crippen molar-refractivity contribution >= 4 is 17.3 Å². The van der Waals surface area contributed by atoms with Crippen molar-refractivity contribution in [2.45, 2.75) is 34.0 Å². The van der Waals surface area contributed by atoms with Crippen molar-refractivity contribution in [1.82, 2.24) is 4.98 Å². The van der Waals surface area contributed by atoms with Crippen LogP contribution in [-0.2, 0) is 16.1 Å². The second-order valence-corrected chi connectivity index (χ2v) is 6.80. The van der Waals surface area contributed by atoms with Gasteiger partial charge in [0, 0.05) is 10.9 Å². The van der Waals surface area contributed by atoms with E-state index in [1.807, 2.05) is 5.38 Å². The molecule has 0 spiro atoms. The van der Waals surface area contributed by atoms with Gasteiger partial charge >= 0.3 is 12.6 Å². The Morgan fingerprint density at radius 1 is 1.26 bits per heavy atom. The van der Waals surface area contributed by atoms with Gasteiger partial charge in [0.1, 0.15) is 17.4 Å². The van der Waals surface area contributed by atoms with Gasteiger partial charge in [0.2, 0.25) is 0 Å². The van der Waals surface area contributed by atoms with Gasteiger partial charge in [-0.1, -0.05) is 0 Å². The summed E-state index contributed by atoms with van der Waals surface area (Å²) in [5.41, 5.74) is 0.914. The van der Waals surface area contributed by atoms with Crippen molar-refractivity contribution in [1.29, 1.82) is 0 Å². The van der Waals surface area contributed by atoms with Crippen LogP contribution in [0.2, 0.25) is 0 Å². The summed E-state index contributed by atoms with van der Waals surface area (Å²) in [5.74, 6) is -0.193. The first-order chi connectivity index (χ1) is 10.8. The lowest BCUT2D eigenvalue weighted by Gasteiger charge is -2.15. The molecule has 0 aliphatic rings. The molecule has 7 heteroatoms. The topological polar surface area (TPSA) is 48.4 Å². The molecule has 0 saturated heterocycles. The van der Waals surface area contributed by atoms with Gasteiger partial charge in [0.25, 0.3) is 0 Å². The molecule has 1 heterocycles. The molecule has 124 valence electrons. The van der Waals surface area contributed by atoms with E-state index >= 15 is 0 Å². The lowest BCUT2D eigenvalue weighted by molar-refractivity contribution is -0.154. The predicted octanol–water partition coefficient (Wildman–Crippen LogP) is 4.50. The van der Waals surface area contributed by atoms with Crippen LogP contribution in [0.4, 0.5) is 8.78 Å². The van der Waals surface area contributed by atoms with E-state index in [9.17, 15) is 13.6 Å². The summed E-state index contributed by atoms with van der Waals surface area (Å²) in [6, 6.07) is 6.22. The highest BCUT2D eigenvalue weighted by Crippen LogP contribution is 2.25. The van der Waals surface area contributed by atoms with E-state index in [0.29, 0.717) is 10.7 Å². The summed E-state index contributed by atoms with van der Waals surface area (Å²) < 4.78 is 33.7. The number of hydrogen-bond donors (Lipinski definition) is 0. The lowest BCUT2D eigenvalue weighted by Crippen LogP contribution is -2.22. The molecule has 2 aromatic rings. The van der Waals surface area contributed by atoms with Crippen molar-refractivity contribution in [2.75, 3.05) is 0 Å². The van der Waals surface area contributed by atoms with Gasteiger partial charge in [-0.2, -0.15) is 8.78 Å². The zero-order valence-electron chi connectivity index (χ0n) is 13.0. The zero-order valence-corrected chi connectivity index (χ0v) is 13.8. The highest BCUT2D eigenvalue weighted by Gasteiger charge is 2.23. The van der Waals surface area contributed by atoms with Gasteiger partial charge in [-0.25, -0.2) is 4.98 Å². The SMILES string of the molecule is CC(C)(C)C(=O)OCc1nc(-c2ccc(OC(F)F)cc2)cs1. The Balaban J connectivity index is 2.00. The van der Waals surface area contributed by atoms with Crippen molar-refractivity contribution in [3.8, 4) is 17.0 Å². The minimum atomic E-state index is -2.84. The molecule has 0 saturated carbocycles. The molecule has 1 aromatic heterocycles. The van der Waals surface area contributed by atoms with Gasteiger partial charge in [-0.05, 0) is 45.0 Å². The maximum Gasteiger partial charge on any atom is 0.387 e. The molecule has 0 atom stereocenters. The third-order valence-electron chi connectivity index (χ3n) is 2.87. The van der Waals surface area contributed by atoms with E-state index in [1.165, 1.54) is 23.5 Å². The zero-order chi connectivity index (χ0) is 17.0. The van der Waals surface area contributed by atoms with Crippen molar-refractivity contribution < 1.29 is 23.0 Å². The van der Waals surface area contributed by atoms with Crippen LogP contribution in [-0.4, -0.2) is 17.6 Å². The number of ether oxygens (including phenoxy) is 2. The number of hydrogen-bond acceptors (Lipinski definition) is 5. The van der Waals surface area contributed by atoms with Gasteiger partial charge in [-0.3, -0.25) is 4.79 Å². The summed E-state index contributed by atoms with van der Waals surface area (Å²) in [6.45, 7) is 2.63. The first kappa shape index (κ1) is 17.3. The van der Waals surface area contributed by atoms with Crippen LogP contribution in [0.1, 0.15) is 25.8 Å². The van der Waals surface area contributed by atoms with E-state index in [-0.39, 0.29) is 18.3 Å². The number of rotatable bonds is 5. The third-order valence-corrected chi connectivity index (χ3v) is 3.69. The Morgan fingerprint density at radius 3 is 2.48 bits per heavy atom. The fraction of sp³-hybridized carbons (Fsp3) is 0.375. The number of halogens is 2. The van der Waals surface area contributed by atoms with Crippen LogP contribution >= 0.6 is 11.3 Å². The smallest absolute Gasteiger partial charge is 0.387 e. The molecule has 0 aliphatic carbocycles. The number of esters is 1. The second-order valence-electron chi connectivity index (χ2n) is 5.86. The lowest BCUT2D eigenvalue weighted by atomic mass is 9.97. The van der Waals surface area contributed by atoms with E-state index in [0.717, 1.165) is 5.56 Å². The summed E-state index contributed by atoms with van der Waals surface area (Å²) in [7, 11) is 0. The molecule has 0 amide bonds. The number of carbonyl (C=O) groups is 1. The average Bonchev–Trinajstić information content (AvgIpc) is 2.92. The molecule has 0 unspecified atom stereocenters. The molecule has 0 radical (unpaired) electrons. The molecular formula is C16H17F2NO3S. The van der Waals surface area contributed by atoms with Crippen molar-refractivity contribution in [2.24, 2.45) is 5.41 Å². The van der Waals surface area contributed by atoms with Crippen LogP contribution in [0.15, 0.2) is 29.6 Å². The fourth-order valence-electron chi connectivity index (χ4n) is 1.66. The third kappa shape index (κ3) is 4.99. The Hall–Kier alpha value is -2.02. The monoisotopic (exact) mass is 341 g/mol. The van der Waals surface area contributed by atoms with Crippen LogP contribution in [0.3, 0.4) is 0 Å². The molecule has 0 N–H and O–H groups in total. The first-order valence-electron chi connectivity index (χ1n) is 6.92. The van der Waals surface area contributed by atoms with E-state index < -0.39 is 12.0 Å². The number of carbonyl (C=O) groups excluding carboxylic acids is 1. The van der Waals surface area contributed by atoms with Gasteiger partial charge in [0.05, 0.1) is 11.1 Å².